The molecule has 2 rings (SSSR count). The number of likely N-dealkylation sites (N-methyl/N-ethyl adjacent to an activating group) is 1. The van der Waals surface area contributed by atoms with Gasteiger partial charge in [0.25, 0.3) is 0 Å². The second kappa shape index (κ2) is 4.67. The second-order valence-corrected chi connectivity index (χ2v) is 4.66. The molecule has 0 amide bonds. The third-order valence-electron chi connectivity index (χ3n) is 2.99. The highest BCUT2D eigenvalue weighted by Crippen LogP contribution is 2.30. The molecule has 0 N–H and O–H groups in total. The van der Waals surface area contributed by atoms with Gasteiger partial charge in [-0.1, -0.05) is 36.4 Å². The first-order valence-electron chi connectivity index (χ1n) is 5.78. The largest absolute Gasteiger partial charge is 0.305 e. The summed E-state index contributed by atoms with van der Waals surface area (Å²) < 4.78 is 0. The van der Waals surface area contributed by atoms with Crippen LogP contribution >= 0.6 is 0 Å². The van der Waals surface area contributed by atoms with Crippen LogP contribution in [0.5, 0.6) is 0 Å². The number of hydrogen-bond acceptors (Lipinski definition) is 1. The van der Waals surface area contributed by atoms with E-state index in [4.69, 9.17) is 0 Å². The van der Waals surface area contributed by atoms with Crippen LogP contribution in [-0.2, 0) is 0 Å². The van der Waals surface area contributed by atoms with Gasteiger partial charge in [-0.15, -0.1) is 0 Å². The van der Waals surface area contributed by atoms with Gasteiger partial charge < -0.3 is 4.90 Å². The number of allylic oxidation sites excluding steroid dienone is 2. The van der Waals surface area contributed by atoms with Crippen molar-refractivity contribution in [2.24, 2.45) is 0 Å². The van der Waals surface area contributed by atoms with Crippen LogP contribution in [0, 0.1) is 6.92 Å². The first-order chi connectivity index (χ1) is 7.68. The van der Waals surface area contributed by atoms with Crippen LogP contribution < -0.4 is 0 Å². The Kier molecular flexibility index (Phi) is 3.25. The maximum absolute atomic E-state index is 2.27. The van der Waals surface area contributed by atoms with Gasteiger partial charge in [0.05, 0.1) is 0 Å². The Bertz CT molecular complexity index is 439. The summed E-state index contributed by atoms with van der Waals surface area (Å²) in [6.45, 7) is 3.22. The summed E-state index contributed by atoms with van der Waals surface area (Å²) in [5.41, 5.74) is 5.73. The zero-order valence-electron chi connectivity index (χ0n) is 10.3. The molecule has 0 aliphatic heterocycles. The van der Waals surface area contributed by atoms with E-state index in [1.54, 1.807) is 0 Å². The fourth-order valence-corrected chi connectivity index (χ4v) is 2.23. The lowest BCUT2D eigenvalue weighted by atomic mass is 9.97. The van der Waals surface area contributed by atoms with E-state index in [1.165, 1.54) is 22.3 Å². The van der Waals surface area contributed by atoms with Crippen molar-refractivity contribution in [2.75, 3.05) is 20.6 Å². The molecule has 16 heavy (non-hydrogen) atoms. The van der Waals surface area contributed by atoms with Gasteiger partial charge in [-0.05, 0) is 49.7 Å². The third-order valence-corrected chi connectivity index (χ3v) is 2.99. The van der Waals surface area contributed by atoms with Crippen molar-refractivity contribution in [3.63, 3.8) is 0 Å². The van der Waals surface area contributed by atoms with Crippen molar-refractivity contribution in [3.05, 3.63) is 53.1 Å². The van der Waals surface area contributed by atoms with E-state index in [2.05, 4.69) is 62.3 Å². The molecule has 84 valence electrons. The molecule has 1 aromatic rings. The van der Waals surface area contributed by atoms with Gasteiger partial charge in [0.1, 0.15) is 0 Å². The normalized spacial score (nSPS) is 15.2. The second-order valence-electron chi connectivity index (χ2n) is 4.66. The van der Waals surface area contributed by atoms with Crippen molar-refractivity contribution in [2.45, 2.75) is 13.3 Å². The molecular formula is C15H19N. The molecule has 0 saturated heterocycles. The topological polar surface area (TPSA) is 3.24 Å². The lowest BCUT2D eigenvalue weighted by molar-refractivity contribution is 0.450. The number of benzene rings is 1. The summed E-state index contributed by atoms with van der Waals surface area (Å²) in [7, 11) is 4.24. The Morgan fingerprint density at radius 3 is 2.62 bits per heavy atom. The molecule has 0 aromatic heterocycles. The number of aryl methyl sites for hydroxylation is 1. The third kappa shape index (κ3) is 2.25. The average molecular weight is 213 g/mol. The van der Waals surface area contributed by atoms with E-state index in [1.807, 2.05) is 0 Å². The summed E-state index contributed by atoms with van der Waals surface area (Å²) in [5.74, 6) is 0. The molecule has 0 unspecified atom stereocenters. The van der Waals surface area contributed by atoms with E-state index in [0.29, 0.717) is 0 Å². The van der Waals surface area contributed by atoms with E-state index in [0.717, 1.165) is 13.0 Å². The van der Waals surface area contributed by atoms with Crippen LogP contribution in [0.25, 0.3) is 5.57 Å². The van der Waals surface area contributed by atoms with Gasteiger partial charge in [0, 0.05) is 6.54 Å². The molecule has 1 heteroatoms. The van der Waals surface area contributed by atoms with E-state index in [-0.39, 0.29) is 0 Å². The first kappa shape index (κ1) is 11.2. The number of rotatable bonds is 3. The van der Waals surface area contributed by atoms with Crippen molar-refractivity contribution in [1.29, 1.82) is 0 Å². The van der Waals surface area contributed by atoms with E-state index < -0.39 is 0 Å². The van der Waals surface area contributed by atoms with Crippen LogP contribution in [0.3, 0.4) is 0 Å². The Morgan fingerprint density at radius 2 is 1.94 bits per heavy atom. The summed E-state index contributed by atoms with van der Waals surface area (Å²) in [4.78, 5) is 2.23. The molecule has 0 saturated carbocycles. The van der Waals surface area contributed by atoms with Gasteiger partial charge in [0.2, 0.25) is 0 Å². The number of hydrogen-bond donors (Lipinski definition) is 0. The minimum absolute atomic E-state index is 1.03. The number of nitrogens with zero attached hydrogens (tertiary/aromatic N) is 1. The standard InChI is InChI=1S/C15H19N/c1-12-7-4-5-9-14(12)15-10-6-8-13(15)11-16(2)3/h4-9H,10-11H2,1-3H3. The molecule has 0 heterocycles. The maximum atomic E-state index is 2.27. The van der Waals surface area contributed by atoms with Gasteiger partial charge in [0.15, 0.2) is 0 Å². The molecule has 0 radical (unpaired) electrons. The maximum Gasteiger partial charge on any atom is 0.0230 e. The Labute approximate surface area is 98.1 Å². The molecule has 0 spiro atoms. The Balaban J connectivity index is 2.36. The quantitative estimate of drug-likeness (QED) is 0.745. The highest BCUT2D eigenvalue weighted by atomic mass is 15.0. The lowest BCUT2D eigenvalue weighted by Crippen LogP contribution is -2.14. The van der Waals surface area contributed by atoms with Crippen molar-refractivity contribution < 1.29 is 0 Å². The average Bonchev–Trinajstić information content (AvgIpc) is 2.66. The fraction of sp³-hybridized carbons (Fsp3) is 0.333. The van der Waals surface area contributed by atoms with E-state index >= 15 is 0 Å². The zero-order valence-corrected chi connectivity index (χ0v) is 10.3. The molecular weight excluding hydrogens is 194 g/mol. The van der Waals surface area contributed by atoms with E-state index in [9.17, 15) is 0 Å². The minimum Gasteiger partial charge on any atom is -0.305 e. The summed E-state index contributed by atoms with van der Waals surface area (Å²) in [6, 6.07) is 8.65. The molecule has 0 fully saturated rings. The fourth-order valence-electron chi connectivity index (χ4n) is 2.23. The lowest BCUT2D eigenvalue weighted by Gasteiger charge is -2.14. The van der Waals surface area contributed by atoms with Crippen LogP contribution in [0.2, 0.25) is 0 Å². The van der Waals surface area contributed by atoms with Crippen LogP contribution in [0.4, 0.5) is 0 Å². The smallest absolute Gasteiger partial charge is 0.0230 e. The molecule has 0 bridgehead atoms. The van der Waals surface area contributed by atoms with Crippen LogP contribution in [-0.4, -0.2) is 25.5 Å². The van der Waals surface area contributed by atoms with Gasteiger partial charge in [-0.2, -0.15) is 0 Å². The predicted octanol–water partition coefficient (Wildman–Crippen LogP) is 3.27. The summed E-state index contributed by atoms with van der Waals surface area (Å²) in [5, 5.41) is 0. The van der Waals surface area contributed by atoms with Gasteiger partial charge in [-0.3, -0.25) is 0 Å². The van der Waals surface area contributed by atoms with Crippen molar-refractivity contribution >= 4 is 5.57 Å². The molecule has 1 aliphatic rings. The van der Waals surface area contributed by atoms with Crippen LogP contribution in [0.1, 0.15) is 17.5 Å². The van der Waals surface area contributed by atoms with Crippen molar-refractivity contribution in [3.8, 4) is 0 Å². The van der Waals surface area contributed by atoms with Crippen LogP contribution in [0.15, 0.2) is 42.0 Å². The predicted molar refractivity (Wildman–Crippen MR) is 70.4 cm³/mol. The highest BCUT2D eigenvalue weighted by Gasteiger charge is 2.13. The van der Waals surface area contributed by atoms with Crippen molar-refractivity contribution in [1.82, 2.24) is 4.90 Å². The van der Waals surface area contributed by atoms with Gasteiger partial charge in [-0.25, -0.2) is 0 Å². The molecule has 1 nitrogen and oxygen atoms in total. The molecule has 1 aliphatic carbocycles. The summed E-state index contributed by atoms with van der Waals surface area (Å²) in [6.07, 6.45) is 5.61. The summed E-state index contributed by atoms with van der Waals surface area (Å²) >= 11 is 0. The Morgan fingerprint density at radius 1 is 1.19 bits per heavy atom. The SMILES string of the molecule is Cc1ccccc1C1=C(CN(C)C)C=CC1. The van der Waals surface area contributed by atoms with Gasteiger partial charge >= 0.3 is 0 Å². The zero-order chi connectivity index (χ0) is 11.5. The highest BCUT2D eigenvalue weighted by molar-refractivity contribution is 5.76. The molecule has 0 atom stereocenters. The molecule has 1 aromatic carbocycles. The minimum atomic E-state index is 1.03. The Hall–Kier alpha value is -1.34. The first-order valence-corrected chi connectivity index (χ1v) is 5.78. The monoisotopic (exact) mass is 213 g/mol.